The number of rotatable bonds is 2. The van der Waals surface area contributed by atoms with E-state index in [1.165, 1.54) is 0 Å². The topological polar surface area (TPSA) is 46.6 Å². The van der Waals surface area contributed by atoms with E-state index in [1.807, 2.05) is 35.7 Å². The zero-order chi connectivity index (χ0) is 15.3. The molecule has 0 saturated carbocycles. The van der Waals surface area contributed by atoms with Gasteiger partial charge in [0.1, 0.15) is 5.76 Å². The van der Waals surface area contributed by atoms with Gasteiger partial charge in [-0.15, -0.1) is 11.3 Å². The number of thiophene rings is 1. The molecule has 1 saturated heterocycles. The number of fused-ring (bicyclic) bond motifs is 2. The highest BCUT2D eigenvalue weighted by molar-refractivity contribution is 7.09. The van der Waals surface area contributed by atoms with Gasteiger partial charge in [-0.1, -0.05) is 30.8 Å². The number of hydrogen-bond acceptors (Lipinski definition) is 4. The monoisotopic (exact) mass is 311 g/mol. The lowest BCUT2D eigenvalue weighted by atomic mass is 9.87. The van der Waals surface area contributed by atoms with E-state index in [4.69, 9.17) is 4.74 Å². The summed E-state index contributed by atoms with van der Waals surface area (Å²) >= 11 is 1.57. The van der Waals surface area contributed by atoms with Crippen molar-refractivity contribution >= 4 is 23.2 Å². The molecule has 1 unspecified atom stereocenters. The van der Waals surface area contributed by atoms with Crippen molar-refractivity contribution in [2.24, 2.45) is 0 Å². The van der Waals surface area contributed by atoms with Crippen molar-refractivity contribution in [2.75, 3.05) is 0 Å². The van der Waals surface area contributed by atoms with Crippen molar-refractivity contribution in [1.82, 2.24) is 4.90 Å². The van der Waals surface area contributed by atoms with E-state index < -0.39 is 11.5 Å². The smallest absolute Gasteiger partial charge is 0.342 e. The Bertz CT molecular complexity index is 796. The van der Waals surface area contributed by atoms with Crippen LogP contribution in [0.15, 0.2) is 54.1 Å². The second-order valence-corrected chi connectivity index (χ2v) is 6.51. The summed E-state index contributed by atoms with van der Waals surface area (Å²) in [7, 11) is 0. The summed E-state index contributed by atoms with van der Waals surface area (Å²) in [4.78, 5) is 28.1. The molecule has 0 bridgehead atoms. The van der Waals surface area contributed by atoms with Gasteiger partial charge >= 0.3 is 5.97 Å². The van der Waals surface area contributed by atoms with Crippen LogP contribution in [0.1, 0.15) is 27.2 Å². The maximum absolute atomic E-state index is 12.8. The highest BCUT2D eigenvalue weighted by atomic mass is 32.1. The van der Waals surface area contributed by atoms with Crippen LogP contribution in [0.5, 0.6) is 0 Å². The second kappa shape index (κ2) is 4.55. The largest absolute Gasteiger partial charge is 0.430 e. The molecular weight excluding hydrogens is 298 g/mol. The zero-order valence-electron chi connectivity index (χ0n) is 11.7. The van der Waals surface area contributed by atoms with E-state index in [0.29, 0.717) is 24.3 Å². The maximum atomic E-state index is 12.8. The zero-order valence-corrected chi connectivity index (χ0v) is 12.6. The standard InChI is InChI=1S/C17H13NO3S/c1-11-9-17(16(20)21-11)14-7-3-2-6-13(14)15(19)18(17)10-12-5-4-8-22-12/h2-8H,1,9-10H2. The number of hydrogen-bond donors (Lipinski definition) is 0. The molecule has 3 heterocycles. The Hall–Kier alpha value is -2.40. The van der Waals surface area contributed by atoms with Crippen LogP contribution < -0.4 is 0 Å². The third kappa shape index (κ3) is 1.63. The molecule has 5 heteroatoms. The summed E-state index contributed by atoms with van der Waals surface area (Å²) < 4.78 is 5.23. The predicted octanol–water partition coefficient (Wildman–Crippen LogP) is 3.06. The molecule has 2 aliphatic heterocycles. The Labute approximate surface area is 131 Å². The fraction of sp³-hybridized carbons (Fsp3) is 0.176. The first-order valence-corrected chi connectivity index (χ1v) is 7.85. The summed E-state index contributed by atoms with van der Waals surface area (Å²) in [5.41, 5.74) is 0.236. The molecule has 110 valence electrons. The number of cyclic esters (lactones) is 1. The van der Waals surface area contributed by atoms with Crippen LogP contribution in [0, 0.1) is 0 Å². The van der Waals surface area contributed by atoms with Crippen molar-refractivity contribution < 1.29 is 14.3 Å². The molecule has 1 aromatic heterocycles. The van der Waals surface area contributed by atoms with Gasteiger partial charge in [-0.25, -0.2) is 4.79 Å². The summed E-state index contributed by atoms with van der Waals surface area (Å²) in [6.07, 6.45) is 0.319. The van der Waals surface area contributed by atoms with Crippen LogP contribution in [-0.2, 0) is 21.6 Å². The molecule has 4 nitrogen and oxygen atoms in total. The molecule has 2 aliphatic rings. The average Bonchev–Trinajstić information content (AvgIpc) is 3.17. The fourth-order valence-electron chi connectivity index (χ4n) is 3.28. The predicted molar refractivity (Wildman–Crippen MR) is 82.2 cm³/mol. The van der Waals surface area contributed by atoms with Crippen LogP contribution in [-0.4, -0.2) is 16.8 Å². The molecule has 1 aromatic carbocycles. The lowest BCUT2D eigenvalue weighted by Crippen LogP contribution is -2.46. The van der Waals surface area contributed by atoms with Gasteiger partial charge in [0.15, 0.2) is 5.54 Å². The Kier molecular flexibility index (Phi) is 2.74. The number of benzene rings is 1. The van der Waals surface area contributed by atoms with E-state index in [9.17, 15) is 9.59 Å². The van der Waals surface area contributed by atoms with E-state index in [2.05, 4.69) is 6.58 Å². The number of amides is 1. The van der Waals surface area contributed by atoms with Gasteiger partial charge in [0.05, 0.1) is 6.54 Å². The first-order valence-electron chi connectivity index (χ1n) is 6.97. The van der Waals surface area contributed by atoms with Crippen LogP contribution in [0.3, 0.4) is 0 Å². The van der Waals surface area contributed by atoms with Gasteiger partial charge in [0.2, 0.25) is 0 Å². The molecular formula is C17H13NO3S. The quantitative estimate of drug-likeness (QED) is 0.801. The lowest BCUT2D eigenvalue weighted by molar-refractivity contribution is -0.145. The minimum Gasteiger partial charge on any atom is -0.430 e. The highest BCUT2D eigenvalue weighted by Gasteiger charge is 2.59. The molecule has 2 aromatic rings. The minimum atomic E-state index is -1.06. The Morgan fingerprint density at radius 2 is 2.05 bits per heavy atom. The average molecular weight is 311 g/mol. The highest BCUT2D eigenvalue weighted by Crippen LogP contribution is 2.49. The van der Waals surface area contributed by atoms with Crippen LogP contribution in [0.2, 0.25) is 0 Å². The maximum Gasteiger partial charge on any atom is 0.342 e. The van der Waals surface area contributed by atoms with Crippen LogP contribution >= 0.6 is 11.3 Å². The van der Waals surface area contributed by atoms with Crippen molar-refractivity contribution in [3.8, 4) is 0 Å². The molecule has 0 N–H and O–H groups in total. The van der Waals surface area contributed by atoms with Gasteiger partial charge in [0.25, 0.3) is 5.91 Å². The fourth-order valence-corrected chi connectivity index (χ4v) is 3.97. The Morgan fingerprint density at radius 3 is 2.73 bits per heavy atom. The molecule has 22 heavy (non-hydrogen) atoms. The summed E-state index contributed by atoms with van der Waals surface area (Å²) in [5.74, 6) is -0.131. The first-order chi connectivity index (χ1) is 10.6. The Morgan fingerprint density at radius 1 is 1.23 bits per heavy atom. The normalized spacial score (nSPS) is 23.3. The molecule has 1 atom stereocenters. The van der Waals surface area contributed by atoms with Crippen molar-refractivity contribution in [3.05, 3.63) is 70.1 Å². The van der Waals surface area contributed by atoms with Crippen molar-refractivity contribution in [1.29, 1.82) is 0 Å². The third-order valence-corrected chi connectivity index (χ3v) is 5.09. The molecule has 0 radical (unpaired) electrons. The number of carbonyl (C=O) groups is 2. The van der Waals surface area contributed by atoms with E-state index in [-0.39, 0.29) is 5.91 Å². The minimum absolute atomic E-state index is 0.129. The van der Waals surface area contributed by atoms with E-state index in [0.717, 1.165) is 10.4 Å². The van der Waals surface area contributed by atoms with Crippen molar-refractivity contribution in [3.63, 3.8) is 0 Å². The van der Waals surface area contributed by atoms with E-state index >= 15 is 0 Å². The SMILES string of the molecule is C=C1CC2(C(=O)O1)c1ccccc1C(=O)N2Cc1cccs1. The summed E-state index contributed by atoms with van der Waals surface area (Å²) in [6.45, 7) is 4.17. The molecule has 4 rings (SSSR count). The van der Waals surface area contributed by atoms with Gasteiger partial charge in [-0.3, -0.25) is 4.79 Å². The molecule has 1 amide bonds. The van der Waals surface area contributed by atoms with Gasteiger partial charge in [-0.2, -0.15) is 0 Å². The van der Waals surface area contributed by atoms with Crippen LogP contribution in [0.4, 0.5) is 0 Å². The van der Waals surface area contributed by atoms with Gasteiger partial charge in [-0.05, 0) is 17.5 Å². The second-order valence-electron chi connectivity index (χ2n) is 5.48. The van der Waals surface area contributed by atoms with Crippen LogP contribution in [0.25, 0.3) is 0 Å². The Balaban J connectivity index is 1.88. The number of nitrogens with zero attached hydrogens (tertiary/aromatic N) is 1. The lowest BCUT2D eigenvalue weighted by Gasteiger charge is -2.31. The third-order valence-electron chi connectivity index (χ3n) is 4.23. The molecule has 0 aliphatic carbocycles. The van der Waals surface area contributed by atoms with Gasteiger partial charge < -0.3 is 9.64 Å². The van der Waals surface area contributed by atoms with Crippen molar-refractivity contribution in [2.45, 2.75) is 18.5 Å². The van der Waals surface area contributed by atoms with Gasteiger partial charge in [0, 0.05) is 22.4 Å². The molecule has 1 spiro atoms. The molecule has 1 fully saturated rings. The number of carbonyl (C=O) groups excluding carboxylic acids is 2. The number of esters is 1. The summed E-state index contributed by atoms with van der Waals surface area (Å²) in [5, 5.41) is 1.96. The summed E-state index contributed by atoms with van der Waals surface area (Å²) in [6, 6.07) is 11.2. The van der Waals surface area contributed by atoms with E-state index in [1.54, 1.807) is 22.3 Å². The first kappa shape index (κ1) is 13.3. The number of ether oxygens (including phenoxy) is 1.